The topological polar surface area (TPSA) is 91.2 Å². The normalized spacial score (nSPS) is 11.8. The summed E-state index contributed by atoms with van der Waals surface area (Å²) in [5.41, 5.74) is 5.43. The van der Waals surface area contributed by atoms with Gasteiger partial charge in [-0.3, -0.25) is 0 Å². The molecule has 0 amide bonds. The minimum atomic E-state index is -0.704. The number of aryl methyl sites for hydroxylation is 1. The van der Waals surface area contributed by atoms with E-state index in [2.05, 4.69) is 9.88 Å². The van der Waals surface area contributed by atoms with Crippen molar-refractivity contribution in [2.45, 2.75) is 33.3 Å². The number of fused-ring (bicyclic) bond motifs is 1. The van der Waals surface area contributed by atoms with Crippen molar-refractivity contribution in [1.29, 1.82) is 0 Å². The second-order valence-corrected chi connectivity index (χ2v) is 9.64. The van der Waals surface area contributed by atoms with Crippen LogP contribution in [0.3, 0.4) is 0 Å². The molecule has 0 fully saturated rings. The lowest BCUT2D eigenvalue weighted by atomic mass is 10.1. The third kappa shape index (κ3) is 6.58. The summed E-state index contributed by atoms with van der Waals surface area (Å²) < 4.78 is 24.0. The molecule has 0 saturated heterocycles. The Morgan fingerprint density at radius 1 is 0.975 bits per heavy atom. The summed E-state index contributed by atoms with van der Waals surface area (Å²) in [7, 11) is 3.23. The van der Waals surface area contributed by atoms with Crippen molar-refractivity contribution in [2.75, 3.05) is 40.5 Å². The van der Waals surface area contributed by atoms with Crippen LogP contribution in [-0.2, 0) is 11.2 Å². The van der Waals surface area contributed by atoms with Crippen LogP contribution in [0.25, 0.3) is 16.6 Å². The van der Waals surface area contributed by atoms with Crippen molar-refractivity contribution in [3.8, 4) is 22.9 Å². The van der Waals surface area contributed by atoms with E-state index in [1.54, 1.807) is 21.1 Å². The molecule has 0 bridgehead atoms. The van der Waals surface area contributed by atoms with Gasteiger partial charge >= 0.3 is 5.97 Å². The van der Waals surface area contributed by atoms with Crippen LogP contribution in [0.15, 0.2) is 60.7 Å². The van der Waals surface area contributed by atoms with E-state index >= 15 is 0 Å². The van der Waals surface area contributed by atoms with Crippen molar-refractivity contribution in [3.05, 3.63) is 83.0 Å². The minimum Gasteiger partial charge on any atom is -0.493 e. The largest absolute Gasteiger partial charge is 0.493 e. The first-order valence-electron chi connectivity index (χ1n) is 13.5. The van der Waals surface area contributed by atoms with E-state index in [0.717, 1.165) is 39.8 Å². The number of ether oxygens (including phenoxy) is 4. The lowest BCUT2D eigenvalue weighted by molar-refractivity contribution is 0.0527. The first-order chi connectivity index (χ1) is 19.4. The lowest BCUT2D eigenvalue weighted by Crippen LogP contribution is -2.32. The van der Waals surface area contributed by atoms with Gasteiger partial charge in [0.05, 0.1) is 31.9 Å². The summed E-state index contributed by atoms with van der Waals surface area (Å²) in [6, 6.07) is 19.6. The third-order valence-electron chi connectivity index (χ3n) is 6.81. The molecule has 0 radical (unpaired) electrons. The lowest BCUT2D eigenvalue weighted by Gasteiger charge is -2.14. The number of methoxy groups -OCH3 is 2. The van der Waals surface area contributed by atoms with Crippen molar-refractivity contribution in [1.82, 2.24) is 9.88 Å². The van der Waals surface area contributed by atoms with E-state index in [0.29, 0.717) is 35.9 Å². The van der Waals surface area contributed by atoms with Gasteiger partial charge in [-0.1, -0.05) is 23.8 Å². The number of benzene rings is 3. The number of rotatable bonds is 13. The third-order valence-corrected chi connectivity index (χ3v) is 6.81. The zero-order valence-corrected chi connectivity index (χ0v) is 23.8. The Kier molecular flexibility index (Phi) is 9.69. The van der Waals surface area contributed by atoms with Crippen molar-refractivity contribution in [3.63, 3.8) is 0 Å². The molecule has 8 heteroatoms. The fourth-order valence-corrected chi connectivity index (χ4v) is 4.76. The highest BCUT2D eigenvalue weighted by Gasteiger charge is 2.22. The maximum Gasteiger partial charge on any atom is 0.340 e. The second-order valence-electron chi connectivity index (χ2n) is 9.64. The molecule has 1 atom stereocenters. The van der Waals surface area contributed by atoms with E-state index in [1.807, 2.05) is 74.5 Å². The highest BCUT2D eigenvalue weighted by molar-refractivity contribution is 6.07. The monoisotopic (exact) mass is 546 g/mol. The Labute approximate surface area is 235 Å². The molecule has 0 saturated carbocycles. The fraction of sp³-hybridized carbons (Fsp3) is 0.344. The predicted octanol–water partition coefficient (Wildman–Crippen LogP) is 5.01. The number of nitrogens with zero attached hydrogens (tertiary/aromatic N) is 1. The van der Waals surface area contributed by atoms with Crippen LogP contribution in [0, 0.1) is 13.8 Å². The average molecular weight is 547 g/mol. The Bertz CT molecular complexity index is 1440. The average Bonchev–Trinajstić information content (AvgIpc) is 3.25. The SMILES string of the molecule is CCOC(=O)c1c(C)n(-c2ccc(C)cc2)c2ccc(OCC(O)CNCCc3ccc(OC)c(OC)c3)cc12. The number of carbonyl (C=O) groups excluding carboxylic acids is 1. The molecular weight excluding hydrogens is 508 g/mol. The molecule has 8 nitrogen and oxygen atoms in total. The number of aliphatic hydroxyl groups is 1. The van der Waals surface area contributed by atoms with Crippen LogP contribution in [0.4, 0.5) is 0 Å². The Morgan fingerprint density at radius 2 is 1.73 bits per heavy atom. The number of nitrogens with one attached hydrogen (secondary N) is 1. The summed E-state index contributed by atoms with van der Waals surface area (Å²) in [6.07, 6.45) is 0.0722. The fourth-order valence-electron chi connectivity index (χ4n) is 4.76. The highest BCUT2D eigenvalue weighted by Crippen LogP contribution is 2.33. The maximum atomic E-state index is 12.9. The van der Waals surface area contributed by atoms with Crippen LogP contribution < -0.4 is 19.5 Å². The molecule has 40 heavy (non-hydrogen) atoms. The first-order valence-corrected chi connectivity index (χ1v) is 13.5. The quantitative estimate of drug-likeness (QED) is 0.180. The van der Waals surface area contributed by atoms with Gasteiger partial charge in [-0.2, -0.15) is 0 Å². The summed E-state index contributed by atoms with van der Waals surface area (Å²) >= 11 is 0. The first kappa shape index (κ1) is 29.0. The van der Waals surface area contributed by atoms with Gasteiger partial charge in [-0.05, 0) is 81.8 Å². The highest BCUT2D eigenvalue weighted by atomic mass is 16.5. The van der Waals surface area contributed by atoms with Gasteiger partial charge in [-0.25, -0.2) is 4.79 Å². The second kappa shape index (κ2) is 13.4. The van der Waals surface area contributed by atoms with Crippen LogP contribution in [-0.4, -0.2) is 62.3 Å². The summed E-state index contributed by atoms with van der Waals surface area (Å²) in [5.74, 6) is 1.59. The standard InChI is InChI=1S/C32H38N2O6/c1-6-39-32(36)31-22(3)34(24-10-7-21(2)8-11-24)28-13-12-26(18-27(28)31)40-20-25(35)19-33-16-15-23-9-14-29(37-4)30(17-23)38-5/h7-14,17-18,25,33,35H,6,15-16,19-20H2,1-5H3. The van der Waals surface area contributed by atoms with Crippen LogP contribution in [0.2, 0.25) is 0 Å². The number of carbonyl (C=O) groups is 1. The van der Waals surface area contributed by atoms with Crippen LogP contribution in [0.5, 0.6) is 17.2 Å². The molecule has 1 heterocycles. The van der Waals surface area contributed by atoms with Gasteiger partial charge in [-0.15, -0.1) is 0 Å². The molecule has 2 N–H and O–H groups in total. The minimum absolute atomic E-state index is 0.112. The maximum absolute atomic E-state index is 12.9. The van der Waals surface area contributed by atoms with E-state index in [4.69, 9.17) is 18.9 Å². The summed E-state index contributed by atoms with van der Waals surface area (Å²) in [6.45, 7) is 7.23. The molecule has 0 aliphatic rings. The number of hydrogen-bond acceptors (Lipinski definition) is 7. The summed E-state index contributed by atoms with van der Waals surface area (Å²) in [5, 5.41) is 14.5. The predicted molar refractivity (Wildman–Crippen MR) is 156 cm³/mol. The molecule has 3 aromatic carbocycles. The number of hydrogen-bond donors (Lipinski definition) is 2. The molecule has 0 spiro atoms. The number of aromatic nitrogens is 1. The van der Waals surface area contributed by atoms with Gasteiger partial charge in [0.25, 0.3) is 0 Å². The Morgan fingerprint density at radius 3 is 2.42 bits per heavy atom. The molecule has 1 aromatic heterocycles. The van der Waals surface area contributed by atoms with Crippen LogP contribution >= 0.6 is 0 Å². The van der Waals surface area contributed by atoms with Crippen molar-refractivity contribution < 1.29 is 28.8 Å². The van der Waals surface area contributed by atoms with E-state index < -0.39 is 6.10 Å². The number of esters is 1. The number of aliphatic hydroxyl groups excluding tert-OH is 1. The van der Waals surface area contributed by atoms with Gasteiger partial charge in [0, 0.05) is 23.3 Å². The van der Waals surface area contributed by atoms with Gasteiger partial charge in [0.2, 0.25) is 0 Å². The van der Waals surface area contributed by atoms with Crippen molar-refractivity contribution in [2.24, 2.45) is 0 Å². The van der Waals surface area contributed by atoms with E-state index in [1.165, 1.54) is 0 Å². The molecule has 4 rings (SSSR count). The smallest absolute Gasteiger partial charge is 0.340 e. The van der Waals surface area contributed by atoms with Crippen molar-refractivity contribution >= 4 is 16.9 Å². The van der Waals surface area contributed by atoms with Gasteiger partial charge < -0.3 is 33.9 Å². The Hall–Kier alpha value is -4.01. The van der Waals surface area contributed by atoms with Gasteiger partial charge in [0.1, 0.15) is 18.5 Å². The molecule has 0 aliphatic heterocycles. The molecule has 212 valence electrons. The molecular formula is C32H38N2O6. The Balaban J connectivity index is 1.41. The van der Waals surface area contributed by atoms with E-state index in [9.17, 15) is 9.90 Å². The molecule has 4 aromatic rings. The van der Waals surface area contributed by atoms with Gasteiger partial charge in [0.15, 0.2) is 11.5 Å². The van der Waals surface area contributed by atoms with Crippen LogP contribution in [0.1, 0.15) is 34.1 Å². The summed E-state index contributed by atoms with van der Waals surface area (Å²) in [4.78, 5) is 12.9. The zero-order valence-electron chi connectivity index (χ0n) is 23.8. The van der Waals surface area contributed by atoms with E-state index in [-0.39, 0.29) is 19.2 Å². The zero-order chi connectivity index (χ0) is 28.6. The molecule has 0 aliphatic carbocycles. The molecule has 1 unspecified atom stereocenters.